The second-order valence-corrected chi connectivity index (χ2v) is 5.74. The van der Waals surface area contributed by atoms with Gasteiger partial charge in [0.1, 0.15) is 6.61 Å². The molecule has 22 heavy (non-hydrogen) atoms. The van der Waals surface area contributed by atoms with Crippen LogP contribution in [0.4, 0.5) is 0 Å². The summed E-state index contributed by atoms with van der Waals surface area (Å²) in [5.41, 5.74) is 1.66. The molecular weight excluding hydrogens is 276 g/mol. The summed E-state index contributed by atoms with van der Waals surface area (Å²) in [6.45, 7) is 5.76. The van der Waals surface area contributed by atoms with Gasteiger partial charge in [-0.3, -0.25) is 0 Å². The monoisotopic (exact) mass is 306 g/mol. The number of benzene rings is 1. The zero-order valence-corrected chi connectivity index (χ0v) is 14.1. The summed E-state index contributed by atoms with van der Waals surface area (Å²) in [6, 6.07) is 7.43. The van der Waals surface area contributed by atoms with E-state index in [0.717, 1.165) is 18.6 Å². The van der Waals surface area contributed by atoms with Crippen LogP contribution in [0.2, 0.25) is 0 Å². The van der Waals surface area contributed by atoms with E-state index < -0.39 is 0 Å². The molecule has 124 valence electrons. The predicted molar refractivity (Wildman–Crippen MR) is 90.3 cm³/mol. The SMILES string of the molecule is CCCCCCCCCOCCOC(=O)c1cccc(C)c1. The van der Waals surface area contributed by atoms with Crippen molar-refractivity contribution < 1.29 is 14.3 Å². The molecule has 0 atom stereocenters. The molecule has 0 amide bonds. The van der Waals surface area contributed by atoms with Gasteiger partial charge in [-0.15, -0.1) is 0 Å². The standard InChI is InChI=1S/C19H30O3/c1-3-4-5-6-7-8-9-13-21-14-15-22-19(20)18-12-10-11-17(2)16-18/h10-12,16H,3-9,13-15H2,1-2H3. The van der Waals surface area contributed by atoms with E-state index in [1.165, 1.54) is 38.5 Å². The highest BCUT2D eigenvalue weighted by Crippen LogP contribution is 2.07. The first-order chi connectivity index (χ1) is 10.7. The Morgan fingerprint density at radius 1 is 0.955 bits per heavy atom. The van der Waals surface area contributed by atoms with Crippen molar-refractivity contribution in [2.24, 2.45) is 0 Å². The highest BCUT2D eigenvalue weighted by atomic mass is 16.6. The first kappa shape index (κ1) is 18.7. The molecule has 0 bridgehead atoms. The quantitative estimate of drug-likeness (QED) is 0.406. The highest BCUT2D eigenvalue weighted by Gasteiger charge is 2.06. The van der Waals surface area contributed by atoms with Crippen LogP contribution in [0, 0.1) is 6.92 Å². The van der Waals surface area contributed by atoms with Gasteiger partial charge in [-0.25, -0.2) is 4.79 Å². The Labute approximate surface area is 135 Å². The number of hydrogen-bond acceptors (Lipinski definition) is 3. The van der Waals surface area contributed by atoms with Crippen LogP contribution in [0.15, 0.2) is 24.3 Å². The van der Waals surface area contributed by atoms with Crippen molar-refractivity contribution in [3.8, 4) is 0 Å². The van der Waals surface area contributed by atoms with Crippen molar-refractivity contribution >= 4 is 5.97 Å². The summed E-state index contributed by atoms with van der Waals surface area (Å²) in [6.07, 6.45) is 8.96. The maximum absolute atomic E-state index is 11.8. The zero-order chi connectivity index (χ0) is 16.0. The normalized spacial score (nSPS) is 10.6. The summed E-state index contributed by atoms with van der Waals surface area (Å²) >= 11 is 0. The third-order valence-electron chi connectivity index (χ3n) is 3.61. The van der Waals surface area contributed by atoms with E-state index in [2.05, 4.69) is 6.92 Å². The molecule has 0 unspecified atom stereocenters. The average Bonchev–Trinajstić information content (AvgIpc) is 2.52. The molecule has 3 nitrogen and oxygen atoms in total. The average molecular weight is 306 g/mol. The van der Waals surface area contributed by atoms with Gasteiger partial charge in [-0.1, -0.05) is 63.1 Å². The van der Waals surface area contributed by atoms with Gasteiger partial charge in [0.25, 0.3) is 0 Å². The Balaban J connectivity index is 1.94. The van der Waals surface area contributed by atoms with E-state index in [4.69, 9.17) is 9.47 Å². The smallest absolute Gasteiger partial charge is 0.338 e. The summed E-state index contributed by atoms with van der Waals surface area (Å²) in [5.74, 6) is -0.275. The van der Waals surface area contributed by atoms with Gasteiger partial charge >= 0.3 is 5.97 Å². The Morgan fingerprint density at radius 2 is 1.68 bits per heavy atom. The van der Waals surface area contributed by atoms with Gasteiger partial charge in [0.05, 0.1) is 12.2 Å². The molecule has 0 aliphatic rings. The van der Waals surface area contributed by atoms with Gasteiger partial charge in [-0.05, 0) is 25.5 Å². The topological polar surface area (TPSA) is 35.5 Å². The number of unbranched alkanes of at least 4 members (excludes halogenated alkanes) is 6. The summed E-state index contributed by atoms with van der Waals surface area (Å²) in [7, 11) is 0. The first-order valence-electron chi connectivity index (χ1n) is 8.55. The lowest BCUT2D eigenvalue weighted by molar-refractivity contribution is 0.0312. The number of aryl methyl sites for hydroxylation is 1. The molecular formula is C19H30O3. The Morgan fingerprint density at radius 3 is 2.41 bits per heavy atom. The summed E-state index contributed by atoms with van der Waals surface area (Å²) in [5, 5.41) is 0. The minimum atomic E-state index is -0.275. The molecule has 1 aromatic carbocycles. The van der Waals surface area contributed by atoms with Gasteiger partial charge < -0.3 is 9.47 Å². The third-order valence-corrected chi connectivity index (χ3v) is 3.61. The lowest BCUT2D eigenvalue weighted by Gasteiger charge is -2.07. The van der Waals surface area contributed by atoms with Crippen LogP contribution in [0.1, 0.15) is 67.8 Å². The van der Waals surface area contributed by atoms with Crippen molar-refractivity contribution in [2.75, 3.05) is 19.8 Å². The number of carbonyl (C=O) groups excluding carboxylic acids is 1. The molecule has 0 saturated carbocycles. The van der Waals surface area contributed by atoms with Crippen LogP contribution < -0.4 is 0 Å². The third kappa shape index (κ3) is 8.83. The molecule has 0 radical (unpaired) electrons. The summed E-state index contributed by atoms with van der Waals surface area (Å²) in [4.78, 5) is 11.8. The molecule has 0 aliphatic heterocycles. The molecule has 0 N–H and O–H groups in total. The summed E-state index contributed by atoms with van der Waals surface area (Å²) < 4.78 is 10.7. The highest BCUT2D eigenvalue weighted by molar-refractivity contribution is 5.89. The van der Waals surface area contributed by atoms with Crippen LogP contribution in [-0.4, -0.2) is 25.8 Å². The fraction of sp³-hybridized carbons (Fsp3) is 0.632. The van der Waals surface area contributed by atoms with Gasteiger partial charge in [-0.2, -0.15) is 0 Å². The molecule has 1 rings (SSSR count). The van der Waals surface area contributed by atoms with Crippen molar-refractivity contribution in [1.29, 1.82) is 0 Å². The first-order valence-corrected chi connectivity index (χ1v) is 8.55. The second kappa shape index (κ2) is 12.2. The predicted octanol–water partition coefficient (Wildman–Crippen LogP) is 4.92. The molecule has 0 spiro atoms. The van der Waals surface area contributed by atoms with Crippen LogP contribution in [0.3, 0.4) is 0 Å². The zero-order valence-electron chi connectivity index (χ0n) is 14.1. The van der Waals surface area contributed by atoms with Gasteiger partial charge in [0.15, 0.2) is 0 Å². The minimum Gasteiger partial charge on any atom is -0.460 e. The molecule has 3 heteroatoms. The molecule has 0 saturated heterocycles. The largest absolute Gasteiger partial charge is 0.460 e. The number of hydrogen-bond donors (Lipinski definition) is 0. The van der Waals surface area contributed by atoms with E-state index in [1.807, 2.05) is 25.1 Å². The molecule has 0 fully saturated rings. The number of carbonyl (C=O) groups is 1. The Bertz CT molecular complexity index is 415. The Hall–Kier alpha value is -1.35. The van der Waals surface area contributed by atoms with Crippen LogP contribution in [0.25, 0.3) is 0 Å². The molecule has 1 aromatic rings. The van der Waals surface area contributed by atoms with Gasteiger partial charge in [0.2, 0.25) is 0 Å². The second-order valence-electron chi connectivity index (χ2n) is 5.74. The fourth-order valence-electron chi connectivity index (χ4n) is 2.31. The lowest BCUT2D eigenvalue weighted by Crippen LogP contribution is -2.11. The van der Waals surface area contributed by atoms with E-state index in [9.17, 15) is 4.79 Å². The van der Waals surface area contributed by atoms with E-state index in [1.54, 1.807) is 6.07 Å². The van der Waals surface area contributed by atoms with Crippen LogP contribution >= 0.6 is 0 Å². The number of ether oxygens (including phenoxy) is 2. The van der Waals surface area contributed by atoms with Gasteiger partial charge in [0, 0.05) is 6.61 Å². The van der Waals surface area contributed by atoms with Crippen LogP contribution in [-0.2, 0) is 9.47 Å². The van der Waals surface area contributed by atoms with Crippen molar-refractivity contribution in [2.45, 2.75) is 58.8 Å². The molecule has 0 aliphatic carbocycles. The van der Waals surface area contributed by atoms with Crippen molar-refractivity contribution in [1.82, 2.24) is 0 Å². The Kier molecular flexibility index (Phi) is 10.4. The maximum Gasteiger partial charge on any atom is 0.338 e. The maximum atomic E-state index is 11.8. The van der Waals surface area contributed by atoms with E-state index in [0.29, 0.717) is 18.8 Å². The van der Waals surface area contributed by atoms with E-state index >= 15 is 0 Å². The number of esters is 1. The van der Waals surface area contributed by atoms with Crippen LogP contribution in [0.5, 0.6) is 0 Å². The van der Waals surface area contributed by atoms with E-state index in [-0.39, 0.29) is 5.97 Å². The minimum absolute atomic E-state index is 0.275. The van der Waals surface area contributed by atoms with Crippen molar-refractivity contribution in [3.63, 3.8) is 0 Å². The lowest BCUT2D eigenvalue weighted by atomic mass is 10.1. The fourth-order valence-corrected chi connectivity index (χ4v) is 2.31. The molecule has 0 heterocycles. The molecule has 0 aromatic heterocycles. The van der Waals surface area contributed by atoms with Crippen molar-refractivity contribution in [3.05, 3.63) is 35.4 Å². The number of rotatable bonds is 12.